The van der Waals surface area contributed by atoms with Crippen LogP contribution in [0.2, 0.25) is 0 Å². The van der Waals surface area contributed by atoms with E-state index in [1.807, 2.05) is 0 Å². The van der Waals surface area contributed by atoms with Gasteiger partial charge in [0, 0.05) is 0 Å². The average Bonchev–Trinajstić information content (AvgIpc) is 2.06. The minimum atomic E-state index is -4.87. The molecule has 1 N–H and O–H groups in total. The predicted molar refractivity (Wildman–Crippen MR) is 47.5 cm³/mol. The van der Waals surface area contributed by atoms with Gasteiger partial charge in [0.1, 0.15) is 5.56 Å². The third-order valence-corrected chi connectivity index (χ3v) is 2.23. The highest BCUT2D eigenvalue weighted by molar-refractivity contribution is 9.10. The molecule has 1 aromatic rings. The molecule has 0 amide bonds. The molecule has 0 bridgehead atoms. The number of benzene rings is 1. The molecule has 0 saturated carbocycles. The van der Waals surface area contributed by atoms with Gasteiger partial charge in [0.05, 0.1) is 9.40 Å². The summed E-state index contributed by atoms with van der Waals surface area (Å²) in [6, 6.07) is 1.42. The lowest BCUT2D eigenvalue weighted by molar-refractivity contribution is -0.389. The second kappa shape index (κ2) is 3.69. The van der Waals surface area contributed by atoms with E-state index in [-0.39, 0.29) is 4.47 Å². The number of nitro groups is 1. The summed E-state index contributed by atoms with van der Waals surface area (Å²) in [5, 5.41) is 19.5. The summed E-state index contributed by atoms with van der Waals surface area (Å²) in [6.07, 6.45) is -4.87. The molecule has 0 unspecified atom stereocenters. The smallest absolute Gasteiger partial charge is 0.423 e. The molecule has 0 saturated heterocycles. The van der Waals surface area contributed by atoms with Gasteiger partial charge < -0.3 is 5.11 Å². The van der Waals surface area contributed by atoms with Crippen molar-refractivity contribution >= 4 is 21.6 Å². The molecule has 0 fully saturated rings. The lowest BCUT2D eigenvalue weighted by atomic mass is 10.1. The fourth-order valence-electron chi connectivity index (χ4n) is 0.969. The molecular weight excluding hydrogens is 283 g/mol. The summed E-state index contributed by atoms with van der Waals surface area (Å²) >= 11 is 2.69. The standard InChI is InChI=1S/C7H3BrF3NO3/c8-4-2-1-3(7(9,10)11)5(6(4)13)12(14)15/h1-2,13H. The molecule has 0 radical (unpaired) electrons. The summed E-state index contributed by atoms with van der Waals surface area (Å²) in [6.45, 7) is 0. The number of halogens is 4. The van der Waals surface area contributed by atoms with Crippen LogP contribution in [0.4, 0.5) is 18.9 Å². The first-order chi connectivity index (χ1) is 6.75. The summed E-state index contributed by atoms with van der Waals surface area (Å²) < 4.78 is 36.7. The van der Waals surface area contributed by atoms with Crippen LogP contribution in [-0.4, -0.2) is 10.0 Å². The van der Waals surface area contributed by atoms with Gasteiger partial charge in [-0.05, 0) is 28.1 Å². The van der Waals surface area contributed by atoms with Crippen molar-refractivity contribution in [2.24, 2.45) is 0 Å². The Kier molecular flexibility index (Phi) is 2.89. The first-order valence-corrected chi connectivity index (χ1v) is 4.27. The Morgan fingerprint density at radius 1 is 1.40 bits per heavy atom. The van der Waals surface area contributed by atoms with E-state index in [0.717, 1.165) is 6.07 Å². The van der Waals surface area contributed by atoms with Crippen LogP contribution in [0.25, 0.3) is 0 Å². The van der Waals surface area contributed by atoms with Crippen LogP contribution >= 0.6 is 15.9 Å². The van der Waals surface area contributed by atoms with Gasteiger partial charge in [-0.1, -0.05) is 0 Å². The zero-order chi connectivity index (χ0) is 11.8. The zero-order valence-corrected chi connectivity index (χ0v) is 8.46. The van der Waals surface area contributed by atoms with E-state index < -0.39 is 28.1 Å². The maximum Gasteiger partial charge on any atom is 0.423 e. The Hall–Kier alpha value is -1.31. The normalized spacial score (nSPS) is 11.5. The number of aromatic hydroxyl groups is 1. The molecule has 0 spiro atoms. The Balaban J connectivity index is 3.55. The monoisotopic (exact) mass is 285 g/mol. The van der Waals surface area contributed by atoms with Crippen molar-refractivity contribution < 1.29 is 23.2 Å². The van der Waals surface area contributed by atoms with Crippen LogP contribution in [0, 0.1) is 10.1 Å². The van der Waals surface area contributed by atoms with Crippen molar-refractivity contribution in [3.8, 4) is 5.75 Å². The number of phenols is 1. The van der Waals surface area contributed by atoms with E-state index in [1.54, 1.807) is 0 Å². The third-order valence-electron chi connectivity index (χ3n) is 1.59. The number of phenolic OH excluding ortho intramolecular Hbond substituents is 1. The van der Waals surface area contributed by atoms with Gasteiger partial charge in [-0.3, -0.25) is 10.1 Å². The fraction of sp³-hybridized carbons (Fsp3) is 0.143. The fourth-order valence-corrected chi connectivity index (χ4v) is 1.29. The summed E-state index contributed by atoms with van der Waals surface area (Å²) in [4.78, 5) is 9.09. The van der Waals surface area contributed by atoms with E-state index in [4.69, 9.17) is 5.11 Å². The van der Waals surface area contributed by atoms with Gasteiger partial charge in [-0.15, -0.1) is 0 Å². The van der Waals surface area contributed by atoms with Crippen molar-refractivity contribution in [1.29, 1.82) is 0 Å². The number of hydrogen-bond acceptors (Lipinski definition) is 3. The summed E-state index contributed by atoms with van der Waals surface area (Å²) in [7, 11) is 0. The quantitative estimate of drug-likeness (QED) is 0.637. The molecule has 15 heavy (non-hydrogen) atoms. The second-order valence-corrected chi connectivity index (χ2v) is 3.40. The van der Waals surface area contributed by atoms with Gasteiger partial charge in [0.2, 0.25) is 5.75 Å². The van der Waals surface area contributed by atoms with E-state index in [0.29, 0.717) is 6.07 Å². The summed E-state index contributed by atoms with van der Waals surface area (Å²) in [5.41, 5.74) is -2.83. The lowest BCUT2D eigenvalue weighted by Gasteiger charge is -2.08. The molecule has 82 valence electrons. The lowest BCUT2D eigenvalue weighted by Crippen LogP contribution is -2.09. The van der Waals surface area contributed by atoms with Crippen molar-refractivity contribution in [3.05, 3.63) is 32.3 Å². The zero-order valence-electron chi connectivity index (χ0n) is 6.88. The van der Waals surface area contributed by atoms with Crippen molar-refractivity contribution in [2.75, 3.05) is 0 Å². The van der Waals surface area contributed by atoms with Crippen LogP contribution < -0.4 is 0 Å². The van der Waals surface area contributed by atoms with Crippen molar-refractivity contribution in [1.82, 2.24) is 0 Å². The van der Waals surface area contributed by atoms with E-state index in [2.05, 4.69) is 15.9 Å². The highest BCUT2D eigenvalue weighted by Gasteiger charge is 2.40. The molecule has 4 nitrogen and oxygen atoms in total. The molecule has 8 heteroatoms. The molecular formula is C7H3BrF3NO3. The highest BCUT2D eigenvalue weighted by Crippen LogP contribution is 2.43. The molecule has 0 atom stereocenters. The number of rotatable bonds is 1. The Morgan fingerprint density at radius 3 is 2.33 bits per heavy atom. The van der Waals surface area contributed by atoms with Crippen LogP contribution in [0.3, 0.4) is 0 Å². The topological polar surface area (TPSA) is 63.4 Å². The number of hydrogen-bond donors (Lipinski definition) is 1. The second-order valence-electron chi connectivity index (χ2n) is 2.55. The Morgan fingerprint density at radius 2 is 1.93 bits per heavy atom. The largest absolute Gasteiger partial charge is 0.501 e. The SMILES string of the molecule is O=[N+]([O-])c1c(C(F)(F)F)ccc(Br)c1O. The first-order valence-electron chi connectivity index (χ1n) is 3.48. The maximum atomic E-state index is 12.3. The number of alkyl halides is 3. The first kappa shape index (κ1) is 11.8. The molecule has 1 rings (SSSR count). The maximum absolute atomic E-state index is 12.3. The number of nitro benzene ring substituents is 1. The van der Waals surface area contributed by atoms with Gasteiger partial charge in [-0.25, -0.2) is 0 Å². The molecule has 0 aromatic heterocycles. The van der Waals surface area contributed by atoms with Crippen LogP contribution in [-0.2, 0) is 6.18 Å². The predicted octanol–water partition coefficient (Wildman–Crippen LogP) is 3.08. The van der Waals surface area contributed by atoms with E-state index >= 15 is 0 Å². The molecule has 0 aliphatic carbocycles. The highest BCUT2D eigenvalue weighted by atomic mass is 79.9. The van der Waals surface area contributed by atoms with E-state index in [9.17, 15) is 23.3 Å². The van der Waals surface area contributed by atoms with Gasteiger partial charge in [-0.2, -0.15) is 13.2 Å². The van der Waals surface area contributed by atoms with E-state index in [1.165, 1.54) is 0 Å². The molecule has 0 heterocycles. The van der Waals surface area contributed by atoms with Gasteiger partial charge in [0.25, 0.3) is 0 Å². The Labute approximate surface area is 89.6 Å². The minimum absolute atomic E-state index is 0.165. The molecule has 1 aromatic carbocycles. The minimum Gasteiger partial charge on any atom is -0.501 e. The van der Waals surface area contributed by atoms with Crippen molar-refractivity contribution in [3.63, 3.8) is 0 Å². The van der Waals surface area contributed by atoms with Crippen LogP contribution in [0.15, 0.2) is 16.6 Å². The third kappa shape index (κ3) is 2.20. The molecule has 0 aliphatic heterocycles. The summed E-state index contributed by atoms with van der Waals surface area (Å²) in [5.74, 6) is -1.03. The average molecular weight is 286 g/mol. The van der Waals surface area contributed by atoms with Crippen molar-refractivity contribution in [2.45, 2.75) is 6.18 Å². The molecule has 0 aliphatic rings. The van der Waals surface area contributed by atoms with Crippen LogP contribution in [0.5, 0.6) is 5.75 Å². The van der Waals surface area contributed by atoms with Gasteiger partial charge >= 0.3 is 11.9 Å². The Bertz CT molecular complexity index is 419. The van der Waals surface area contributed by atoms with Crippen LogP contribution in [0.1, 0.15) is 5.56 Å². The number of nitrogens with zero attached hydrogens (tertiary/aromatic N) is 1. The van der Waals surface area contributed by atoms with Gasteiger partial charge in [0.15, 0.2) is 0 Å².